The Morgan fingerprint density at radius 1 is 1.31 bits per heavy atom. The van der Waals surface area contributed by atoms with Crippen LogP contribution in [0.2, 0.25) is 0 Å². The molecule has 1 saturated heterocycles. The SMILES string of the molecule is CCC1CNCCN1CCCCC(F)(F)F. The van der Waals surface area contributed by atoms with E-state index in [0.717, 1.165) is 32.6 Å². The molecule has 0 amide bonds. The summed E-state index contributed by atoms with van der Waals surface area (Å²) in [5.74, 6) is 0. The van der Waals surface area contributed by atoms with E-state index in [2.05, 4.69) is 17.1 Å². The molecule has 1 unspecified atom stereocenters. The average Bonchev–Trinajstić information content (AvgIpc) is 2.23. The smallest absolute Gasteiger partial charge is 0.314 e. The van der Waals surface area contributed by atoms with E-state index in [0.29, 0.717) is 12.5 Å². The predicted molar refractivity (Wildman–Crippen MR) is 58.4 cm³/mol. The third-order valence-corrected chi connectivity index (χ3v) is 3.10. The quantitative estimate of drug-likeness (QED) is 0.740. The fourth-order valence-corrected chi connectivity index (χ4v) is 2.14. The van der Waals surface area contributed by atoms with Crippen LogP contribution in [0, 0.1) is 0 Å². The normalized spacial score (nSPS) is 23.6. The first-order valence-electron chi connectivity index (χ1n) is 6.04. The van der Waals surface area contributed by atoms with Crippen LogP contribution < -0.4 is 5.32 Å². The van der Waals surface area contributed by atoms with E-state index in [-0.39, 0.29) is 6.42 Å². The van der Waals surface area contributed by atoms with Crippen LogP contribution >= 0.6 is 0 Å². The van der Waals surface area contributed by atoms with E-state index < -0.39 is 12.6 Å². The van der Waals surface area contributed by atoms with Crippen LogP contribution in [0.25, 0.3) is 0 Å². The summed E-state index contributed by atoms with van der Waals surface area (Å²) in [6.45, 7) is 5.81. The maximum absolute atomic E-state index is 11.9. The highest BCUT2D eigenvalue weighted by molar-refractivity contribution is 4.78. The van der Waals surface area contributed by atoms with Gasteiger partial charge >= 0.3 is 6.18 Å². The maximum atomic E-state index is 11.9. The Bertz CT molecular complexity index is 194. The number of nitrogens with zero attached hydrogens (tertiary/aromatic N) is 1. The average molecular weight is 238 g/mol. The second-order valence-corrected chi connectivity index (χ2v) is 4.37. The molecule has 1 atom stereocenters. The fraction of sp³-hybridized carbons (Fsp3) is 1.00. The second kappa shape index (κ2) is 6.45. The lowest BCUT2D eigenvalue weighted by atomic mass is 10.1. The van der Waals surface area contributed by atoms with Crippen LogP contribution in [0.3, 0.4) is 0 Å². The summed E-state index contributed by atoms with van der Waals surface area (Å²) >= 11 is 0. The molecule has 0 aromatic rings. The summed E-state index contributed by atoms with van der Waals surface area (Å²) in [7, 11) is 0. The number of alkyl halides is 3. The Labute approximate surface area is 95.2 Å². The lowest BCUT2D eigenvalue weighted by molar-refractivity contribution is -0.135. The molecule has 0 bridgehead atoms. The molecule has 5 heteroatoms. The van der Waals surface area contributed by atoms with Crippen molar-refractivity contribution in [3.63, 3.8) is 0 Å². The molecule has 0 saturated carbocycles. The summed E-state index contributed by atoms with van der Waals surface area (Å²) in [4.78, 5) is 2.31. The van der Waals surface area contributed by atoms with Crippen molar-refractivity contribution in [1.29, 1.82) is 0 Å². The topological polar surface area (TPSA) is 15.3 Å². The molecule has 0 aromatic carbocycles. The van der Waals surface area contributed by atoms with Crippen LogP contribution in [0.4, 0.5) is 13.2 Å². The van der Waals surface area contributed by atoms with Crippen molar-refractivity contribution in [2.75, 3.05) is 26.2 Å². The van der Waals surface area contributed by atoms with Gasteiger partial charge in [-0.1, -0.05) is 6.92 Å². The maximum Gasteiger partial charge on any atom is 0.389 e. The molecule has 0 radical (unpaired) electrons. The monoisotopic (exact) mass is 238 g/mol. The van der Waals surface area contributed by atoms with E-state index in [1.165, 1.54) is 0 Å². The molecular weight excluding hydrogens is 217 g/mol. The Kier molecular flexibility index (Phi) is 5.55. The van der Waals surface area contributed by atoms with E-state index >= 15 is 0 Å². The molecule has 1 fully saturated rings. The Morgan fingerprint density at radius 2 is 2.06 bits per heavy atom. The van der Waals surface area contributed by atoms with Crippen molar-refractivity contribution >= 4 is 0 Å². The third kappa shape index (κ3) is 5.16. The zero-order valence-electron chi connectivity index (χ0n) is 9.82. The van der Waals surface area contributed by atoms with Gasteiger partial charge in [0.05, 0.1) is 0 Å². The van der Waals surface area contributed by atoms with Gasteiger partial charge in [0.2, 0.25) is 0 Å². The van der Waals surface area contributed by atoms with Gasteiger partial charge in [-0.3, -0.25) is 4.90 Å². The van der Waals surface area contributed by atoms with Gasteiger partial charge in [0.1, 0.15) is 0 Å². The van der Waals surface area contributed by atoms with Crippen molar-refractivity contribution in [3.8, 4) is 0 Å². The first-order chi connectivity index (χ1) is 7.53. The van der Waals surface area contributed by atoms with Gasteiger partial charge in [0.15, 0.2) is 0 Å². The van der Waals surface area contributed by atoms with E-state index in [1.54, 1.807) is 0 Å². The molecule has 2 nitrogen and oxygen atoms in total. The van der Waals surface area contributed by atoms with Crippen molar-refractivity contribution in [1.82, 2.24) is 10.2 Å². The van der Waals surface area contributed by atoms with Gasteiger partial charge in [0, 0.05) is 32.1 Å². The Balaban J connectivity index is 2.15. The van der Waals surface area contributed by atoms with Crippen LogP contribution in [-0.4, -0.2) is 43.3 Å². The number of halogens is 3. The number of piperazine rings is 1. The molecule has 1 aliphatic heterocycles. The summed E-state index contributed by atoms with van der Waals surface area (Å²) in [5.41, 5.74) is 0. The Hall–Kier alpha value is -0.290. The number of unbranched alkanes of at least 4 members (excludes halogenated alkanes) is 1. The van der Waals surface area contributed by atoms with Crippen LogP contribution in [0.15, 0.2) is 0 Å². The summed E-state index contributed by atoms with van der Waals surface area (Å²) in [6.07, 6.45) is -2.67. The fourth-order valence-electron chi connectivity index (χ4n) is 2.14. The highest BCUT2D eigenvalue weighted by Gasteiger charge is 2.26. The second-order valence-electron chi connectivity index (χ2n) is 4.37. The van der Waals surface area contributed by atoms with E-state index in [4.69, 9.17) is 0 Å². The standard InChI is InChI=1S/C11H21F3N2/c1-2-10-9-15-6-8-16(10)7-4-3-5-11(12,13)14/h10,15H,2-9H2,1H3. The molecule has 1 aliphatic rings. The summed E-state index contributed by atoms with van der Waals surface area (Å²) in [5, 5.41) is 3.31. The van der Waals surface area contributed by atoms with Gasteiger partial charge in [-0.05, 0) is 25.8 Å². The lowest BCUT2D eigenvalue weighted by Crippen LogP contribution is -2.51. The number of nitrogens with one attached hydrogen (secondary N) is 1. The lowest BCUT2D eigenvalue weighted by Gasteiger charge is -2.35. The third-order valence-electron chi connectivity index (χ3n) is 3.10. The number of hydrogen-bond acceptors (Lipinski definition) is 2. The summed E-state index contributed by atoms with van der Waals surface area (Å²) < 4.78 is 35.8. The zero-order chi connectivity index (χ0) is 12.0. The van der Waals surface area contributed by atoms with E-state index in [1.807, 2.05) is 0 Å². The zero-order valence-corrected chi connectivity index (χ0v) is 9.82. The molecule has 1 heterocycles. The van der Waals surface area contributed by atoms with Gasteiger partial charge in [-0.2, -0.15) is 13.2 Å². The van der Waals surface area contributed by atoms with Gasteiger partial charge in [-0.25, -0.2) is 0 Å². The van der Waals surface area contributed by atoms with Crippen molar-refractivity contribution in [3.05, 3.63) is 0 Å². The van der Waals surface area contributed by atoms with Crippen LogP contribution in [-0.2, 0) is 0 Å². The first-order valence-corrected chi connectivity index (χ1v) is 6.04. The van der Waals surface area contributed by atoms with Crippen molar-refractivity contribution in [2.24, 2.45) is 0 Å². The molecular formula is C11H21F3N2. The molecule has 16 heavy (non-hydrogen) atoms. The molecule has 0 spiro atoms. The predicted octanol–water partition coefficient (Wildman–Crippen LogP) is 2.40. The molecule has 0 aromatic heterocycles. The minimum Gasteiger partial charge on any atom is -0.314 e. The van der Waals surface area contributed by atoms with Gasteiger partial charge in [-0.15, -0.1) is 0 Å². The minimum atomic E-state index is -3.99. The minimum absolute atomic E-state index is 0.254. The van der Waals surface area contributed by atoms with Gasteiger partial charge in [0.25, 0.3) is 0 Å². The molecule has 0 aliphatic carbocycles. The van der Waals surface area contributed by atoms with Crippen molar-refractivity contribution < 1.29 is 13.2 Å². The molecule has 96 valence electrons. The summed E-state index contributed by atoms with van der Waals surface area (Å²) in [6, 6.07) is 0.500. The van der Waals surface area contributed by atoms with Gasteiger partial charge < -0.3 is 5.32 Å². The highest BCUT2D eigenvalue weighted by Crippen LogP contribution is 2.22. The number of hydrogen-bond donors (Lipinski definition) is 1. The molecule has 1 rings (SSSR count). The first kappa shape index (κ1) is 13.8. The largest absolute Gasteiger partial charge is 0.389 e. The number of rotatable bonds is 5. The highest BCUT2D eigenvalue weighted by atomic mass is 19.4. The van der Waals surface area contributed by atoms with E-state index in [9.17, 15) is 13.2 Å². The van der Waals surface area contributed by atoms with Crippen LogP contribution in [0.1, 0.15) is 32.6 Å². The van der Waals surface area contributed by atoms with Crippen molar-refractivity contribution in [2.45, 2.75) is 44.8 Å². The Morgan fingerprint density at radius 3 is 2.69 bits per heavy atom. The molecule has 1 N–H and O–H groups in total. The van der Waals surface area contributed by atoms with Crippen LogP contribution in [0.5, 0.6) is 0 Å².